The third-order valence-electron chi connectivity index (χ3n) is 4.59. The van der Waals surface area contributed by atoms with Crippen LogP contribution in [0.4, 0.5) is 15.8 Å². The molecule has 0 amide bonds. The highest BCUT2D eigenvalue weighted by Crippen LogP contribution is 2.34. The molecule has 2 aromatic rings. The van der Waals surface area contributed by atoms with Crippen LogP contribution in [0.15, 0.2) is 35.3 Å². The average Bonchev–Trinajstić information content (AvgIpc) is 3.32. The summed E-state index contributed by atoms with van der Waals surface area (Å²) in [6.45, 7) is 5.77. The fourth-order valence-electron chi connectivity index (χ4n) is 3.05. The number of allylic oxidation sites excluding steroid dienone is 1. The lowest BCUT2D eigenvalue weighted by atomic mass is 10.1. The van der Waals surface area contributed by atoms with Crippen LogP contribution >= 0.6 is 11.3 Å². The number of anilines is 1. The first-order valence-corrected chi connectivity index (χ1v) is 10.3. The molecule has 2 N–H and O–H groups in total. The summed E-state index contributed by atoms with van der Waals surface area (Å²) in [6, 6.07) is 6.82. The number of hydrogen-bond acceptors (Lipinski definition) is 5. The van der Waals surface area contributed by atoms with Crippen molar-refractivity contribution in [2.24, 2.45) is 4.99 Å². The van der Waals surface area contributed by atoms with Crippen LogP contribution in [0, 0.1) is 12.7 Å². The van der Waals surface area contributed by atoms with Crippen molar-refractivity contribution in [1.82, 2.24) is 5.06 Å². The fraction of sp³-hybridized carbons (Fsp3) is 0.381. The molecule has 0 bridgehead atoms. The molecule has 0 aliphatic carbocycles. The van der Waals surface area contributed by atoms with Crippen LogP contribution in [-0.2, 0) is 0 Å². The van der Waals surface area contributed by atoms with Gasteiger partial charge in [-0.2, -0.15) is 0 Å². The Morgan fingerprint density at radius 2 is 2.14 bits per heavy atom. The van der Waals surface area contributed by atoms with Gasteiger partial charge in [0.1, 0.15) is 0 Å². The number of nitrogens with zero attached hydrogens (tertiary/aromatic N) is 2. The summed E-state index contributed by atoms with van der Waals surface area (Å²) >= 11 is 1.65. The van der Waals surface area contributed by atoms with Gasteiger partial charge >= 0.3 is 0 Å². The van der Waals surface area contributed by atoms with Gasteiger partial charge < -0.3 is 15.3 Å². The Balaban J connectivity index is 1.63. The lowest BCUT2D eigenvalue weighted by Crippen LogP contribution is -2.23. The van der Waals surface area contributed by atoms with Gasteiger partial charge in [0, 0.05) is 34.6 Å². The van der Waals surface area contributed by atoms with E-state index >= 15 is 0 Å². The zero-order chi connectivity index (χ0) is 19.9. The van der Waals surface area contributed by atoms with Gasteiger partial charge in [-0.15, -0.1) is 16.4 Å². The molecule has 28 heavy (non-hydrogen) atoms. The van der Waals surface area contributed by atoms with E-state index in [1.54, 1.807) is 34.9 Å². The molecule has 1 aliphatic heterocycles. The van der Waals surface area contributed by atoms with E-state index in [1.165, 1.54) is 6.07 Å². The molecule has 1 aromatic carbocycles. The summed E-state index contributed by atoms with van der Waals surface area (Å²) in [5, 5.41) is 13.9. The Bertz CT molecular complexity index is 857. The molecule has 1 saturated heterocycles. The number of nitrogens with one attached hydrogen (secondary N) is 1. The average molecular weight is 404 g/mol. The van der Waals surface area contributed by atoms with Crippen molar-refractivity contribution in [3.63, 3.8) is 0 Å². The maximum absolute atomic E-state index is 14.3. The van der Waals surface area contributed by atoms with E-state index < -0.39 is 5.82 Å². The molecule has 1 aromatic heterocycles. The van der Waals surface area contributed by atoms with E-state index in [0.717, 1.165) is 53.4 Å². The first-order chi connectivity index (χ1) is 13.6. The number of thiophene rings is 1. The molecule has 0 atom stereocenters. The summed E-state index contributed by atoms with van der Waals surface area (Å²) in [5.74, 6) is -0.161. The van der Waals surface area contributed by atoms with Gasteiger partial charge in [-0.05, 0) is 50.0 Å². The molecule has 5 nitrogen and oxygen atoms in total. The lowest BCUT2D eigenvalue weighted by Gasteiger charge is -2.16. The Hall–Kier alpha value is -2.22. The van der Waals surface area contributed by atoms with Gasteiger partial charge in [0.05, 0.1) is 18.6 Å². The van der Waals surface area contributed by atoms with Gasteiger partial charge in [-0.25, -0.2) is 9.38 Å². The zero-order valence-electron chi connectivity index (χ0n) is 16.2. The second-order valence-corrected chi connectivity index (χ2v) is 7.85. The van der Waals surface area contributed by atoms with Crippen molar-refractivity contribution in [2.45, 2.75) is 33.1 Å². The molecule has 1 aliphatic rings. The molecule has 0 saturated carbocycles. The Labute approximate surface area is 169 Å². The van der Waals surface area contributed by atoms with Crippen molar-refractivity contribution < 1.29 is 14.3 Å². The number of aliphatic hydroxyl groups excluding tert-OH is 1. The molecular weight excluding hydrogens is 377 g/mol. The first kappa shape index (κ1) is 20.5. The second kappa shape index (κ2) is 9.82. The topological polar surface area (TPSA) is 57.1 Å². The highest BCUT2D eigenvalue weighted by Gasteiger charge is 2.15. The zero-order valence-corrected chi connectivity index (χ0v) is 17.1. The van der Waals surface area contributed by atoms with Gasteiger partial charge in [0.2, 0.25) is 0 Å². The quantitative estimate of drug-likeness (QED) is 0.473. The van der Waals surface area contributed by atoms with Crippen LogP contribution in [-0.4, -0.2) is 36.2 Å². The Kier molecular flexibility index (Phi) is 7.19. The van der Waals surface area contributed by atoms with E-state index in [0.29, 0.717) is 5.69 Å². The molecule has 0 unspecified atom stereocenters. The summed E-state index contributed by atoms with van der Waals surface area (Å²) in [7, 11) is 0. The highest BCUT2D eigenvalue weighted by molar-refractivity contribution is 7.13. The molecule has 0 spiro atoms. The van der Waals surface area contributed by atoms with Crippen molar-refractivity contribution in [2.75, 3.05) is 25.0 Å². The molecule has 0 radical (unpaired) electrons. The summed E-state index contributed by atoms with van der Waals surface area (Å²) in [6.07, 6.45) is 6.41. The first-order valence-electron chi connectivity index (χ1n) is 9.53. The molecular formula is C21H26FN3O2S. The minimum absolute atomic E-state index is 0.0311. The predicted octanol–water partition coefficient (Wildman–Crippen LogP) is 5.14. The lowest BCUT2D eigenvalue weighted by molar-refractivity contribution is -0.0381. The van der Waals surface area contributed by atoms with E-state index in [2.05, 4.69) is 17.2 Å². The standard InChI is InChI=1S/C21H26FN3O2S/c1-3-16(8-11-26)21-13-19(15(2)28-21)24-14-23-17-6-7-20(18(22)12-17)27-25-9-4-5-10-25/h6-8,12-14,26H,3-5,9-11H2,1-2H3,(H,23,24)/b16-8+. The van der Waals surface area contributed by atoms with Crippen LogP contribution in [0.3, 0.4) is 0 Å². The van der Waals surface area contributed by atoms with E-state index in [-0.39, 0.29) is 12.4 Å². The van der Waals surface area contributed by atoms with E-state index in [9.17, 15) is 4.39 Å². The van der Waals surface area contributed by atoms with E-state index in [1.807, 2.05) is 19.1 Å². The monoisotopic (exact) mass is 403 g/mol. The molecule has 150 valence electrons. The molecule has 7 heteroatoms. The fourth-order valence-corrected chi connectivity index (χ4v) is 4.12. The number of hydroxylamine groups is 2. The van der Waals surface area contributed by atoms with E-state index in [4.69, 9.17) is 9.94 Å². The summed E-state index contributed by atoms with van der Waals surface area (Å²) in [4.78, 5) is 12.2. The van der Waals surface area contributed by atoms with Crippen LogP contribution in [0.25, 0.3) is 5.57 Å². The normalized spacial score (nSPS) is 15.5. The van der Waals surface area contributed by atoms with Gasteiger partial charge in [0.25, 0.3) is 0 Å². The second-order valence-electron chi connectivity index (χ2n) is 6.59. The largest absolute Gasteiger partial charge is 0.403 e. The predicted molar refractivity (Wildman–Crippen MR) is 114 cm³/mol. The molecule has 2 heterocycles. The third-order valence-corrected chi connectivity index (χ3v) is 5.70. The van der Waals surface area contributed by atoms with Gasteiger partial charge in [0.15, 0.2) is 11.6 Å². The Morgan fingerprint density at radius 1 is 1.36 bits per heavy atom. The Morgan fingerprint density at radius 3 is 2.82 bits per heavy atom. The maximum atomic E-state index is 14.3. The number of rotatable bonds is 8. The van der Waals surface area contributed by atoms with Crippen LogP contribution in [0.2, 0.25) is 0 Å². The summed E-state index contributed by atoms with van der Waals surface area (Å²) in [5.41, 5.74) is 2.58. The van der Waals surface area contributed by atoms with Crippen molar-refractivity contribution >= 4 is 34.6 Å². The maximum Gasteiger partial charge on any atom is 0.183 e. The number of aliphatic hydroxyl groups is 1. The number of hydrogen-bond donors (Lipinski definition) is 2. The minimum atomic E-state index is -0.402. The number of aryl methyl sites for hydroxylation is 1. The summed E-state index contributed by atoms with van der Waals surface area (Å²) < 4.78 is 14.3. The third kappa shape index (κ3) is 5.19. The highest BCUT2D eigenvalue weighted by atomic mass is 32.1. The number of aliphatic imine (C=N–C) groups is 1. The SMILES string of the molecule is CC/C(=C\CO)c1cc(N=CNc2ccc(ON3CCCC3)c(F)c2)c(C)s1. The van der Waals surface area contributed by atoms with Crippen LogP contribution in [0.5, 0.6) is 5.75 Å². The number of benzene rings is 1. The van der Waals surface area contributed by atoms with Crippen LogP contribution < -0.4 is 10.2 Å². The molecule has 1 fully saturated rings. The van der Waals surface area contributed by atoms with Crippen molar-refractivity contribution in [3.8, 4) is 5.75 Å². The van der Waals surface area contributed by atoms with Crippen molar-refractivity contribution in [3.05, 3.63) is 45.9 Å². The molecule has 3 rings (SSSR count). The minimum Gasteiger partial charge on any atom is -0.403 e. The van der Waals surface area contributed by atoms with Gasteiger partial charge in [-0.1, -0.05) is 13.0 Å². The van der Waals surface area contributed by atoms with Gasteiger partial charge in [-0.3, -0.25) is 0 Å². The smallest absolute Gasteiger partial charge is 0.183 e. The van der Waals surface area contributed by atoms with Crippen molar-refractivity contribution in [1.29, 1.82) is 0 Å². The van der Waals surface area contributed by atoms with Crippen LogP contribution in [0.1, 0.15) is 35.9 Å². The number of halogens is 1.